The zero-order valence-corrected chi connectivity index (χ0v) is 21.4. The quantitative estimate of drug-likeness (QED) is 0.365. The van der Waals surface area contributed by atoms with E-state index in [2.05, 4.69) is 26.1 Å². The van der Waals surface area contributed by atoms with Crippen molar-refractivity contribution in [2.45, 2.75) is 40.0 Å². The summed E-state index contributed by atoms with van der Waals surface area (Å²) in [5.41, 5.74) is 3.35. The smallest absolute Gasteiger partial charge is 0.259 e. The summed E-state index contributed by atoms with van der Waals surface area (Å²) in [5, 5.41) is 14.4. The third-order valence-corrected chi connectivity index (χ3v) is 7.75. The number of methoxy groups -OCH3 is 1. The van der Waals surface area contributed by atoms with Crippen LogP contribution in [0.15, 0.2) is 47.5 Å². The van der Waals surface area contributed by atoms with Crippen molar-refractivity contribution in [3.63, 3.8) is 0 Å². The van der Waals surface area contributed by atoms with Gasteiger partial charge in [-0.15, -0.1) is 11.3 Å². The summed E-state index contributed by atoms with van der Waals surface area (Å²) in [6.07, 6.45) is 4.53. The summed E-state index contributed by atoms with van der Waals surface area (Å²) >= 11 is 7.58. The molecular weight excluding hydrogens is 468 g/mol. The standard InChI is InChI=1S/C27H29ClN2O3S/c1-27(2,3)17-6-11-20-23(14-17)34-26(29-15-16-5-12-22(33-4)21(31)13-16)24(20)25(32)30-19-9-7-18(28)8-10-19/h5,7-10,12-13,15,17,31H,6,11,14H2,1-4H3,(H,30,32)/t17-/m1/s1. The Kier molecular flexibility index (Phi) is 7.01. The third-order valence-electron chi connectivity index (χ3n) is 6.33. The molecule has 4 rings (SSSR count). The van der Waals surface area contributed by atoms with Crippen LogP contribution < -0.4 is 10.1 Å². The molecule has 0 fully saturated rings. The minimum atomic E-state index is -0.168. The number of anilines is 1. The molecule has 7 heteroatoms. The summed E-state index contributed by atoms with van der Waals surface area (Å²) in [4.78, 5) is 19.3. The van der Waals surface area contributed by atoms with Gasteiger partial charge in [0.2, 0.25) is 0 Å². The Bertz CT molecular complexity index is 1230. The van der Waals surface area contributed by atoms with Crippen LogP contribution in [0.5, 0.6) is 11.5 Å². The Balaban J connectivity index is 1.69. The lowest BCUT2D eigenvalue weighted by Gasteiger charge is -2.33. The van der Waals surface area contributed by atoms with Crippen LogP contribution in [0.1, 0.15) is 53.6 Å². The first-order valence-corrected chi connectivity index (χ1v) is 12.5. The van der Waals surface area contributed by atoms with Gasteiger partial charge in [0, 0.05) is 21.8 Å². The molecule has 0 unspecified atom stereocenters. The maximum absolute atomic E-state index is 13.4. The molecule has 178 valence electrons. The minimum absolute atomic E-state index is 0.0469. The number of aliphatic imine (C=N–C) groups is 1. The summed E-state index contributed by atoms with van der Waals surface area (Å²) < 4.78 is 5.12. The summed E-state index contributed by atoms with van der Waals surface area (Å²) in [6.45, 7) is 6.83. The second-order valence-electron chi connectivity index (χ2n) is 9.64. The molecular formula is C27H29ClN2O3S. The van der Waals surface area contributed by atoms with E-state index in [9.17, 15) is 9.90 Å². The van der Waals surface area contributed by atoms with Crippen LogP contribution in [-0.2, 0) is 12.8 Å². The number of halogens is 1. The van der Waals surface area contributed by atoms with E-state index in [1.54, 1.807) is 53.9 Å². The average Bonchev–Trinajstić information content (AvgIpc) is 3.16. The van der Waals surface area contributed by atoms with Gasteiger partial charge in [-0.05, 0) is 84.2 Å². The fourth-order valence-corrected chi connectivity index (χ4v) is 5.68. The van der Waals surface area contributed by atoms with E-state index in [1.807, 2.05) is 6.07 Å². The number of hydrogen-bond acceptors (Lipinski definition) is 5. The zero-order valence-electron chi connectivity index (χ0n) is 19.8. The molecule has 3 aromatic rings. The number of amides is 1. The molecule has 34 heavy (non-hydrogen) atoms. The number of thiophene rings is 1. The fraction of sp³-hybridized carbons (Fsp3) is 0.333. The van der Waals surface area contributed by atoms with Gasteiger partial charge in [0.15, 0.2) is 11.5 Å². The first-order chi connectivity index (χ1) is 16.2. The van der Waals surface area contributed by atoms with Crippen molar-refractivity contribution in [2.75, 3.05) is 12.4 Å². The number of aromatic hydroxyl groups is 1. The van der Waals surface area contributed by atoms with Crippen molar-refractivity contribution in [2.24, 2.45) is 16.3 Å². The number of ether oxygens (including phenoxy) is 1. The van der Waals surface area contributed by atoms with Crippen LogP contribution in [0.25, 0.3) is 0 Å². The van der Waals surface area contributed by atoms with E-state index in [4.69, 9.17) is 21.3 Å². The predicted molar refractivity (Wildman–Crippen MR) is 141 cm³/mol. The maximum atomic E-state index is 13.4. The Hall–Kier alpha value is -2.83. The number of carbonyl (C=O) groups excluding carboxylic acids is 1. The largest absolute Gasteiger partial charge is 0.504 e. The molecule has 0 radical (unpaired) electrons. The van der Waals surface area contributed by atoms with Crippen LogP contribution in [0.3, 0.4) is 0 Å². The van der Waals surface area contributed by atoms with E-state index in [0.29, 0.717) is 32.9 Å². The van der Waals surface area contributed by atoms with Crippen molar-refractivity contribution in [1.82, 2.24) is 0 Å². The molecule has 1 amide bonds. The van der Waals surface area contributed by atoms with Gasteiger partial charge in [-0.1, -0.05) is 32.4 Å². The number of carbonyl (C=O) groups is 1. The Morgan fingerprint density at radius 3 is 2.62 bits per heavy atom. The number of benzene rings is 2. The lowest BCUT2D eigenvalue weighted by atomic mass is 9.72. The number of phenolic OH excluding ortho intramolecular Hbond substituents is 1. The van der Waals surface area contributed by atoms with E-state index >= 15 is 0 Å². The van der Waals surface area contributed by atoms with Gasteiger partial charge in [-0.25, -0.2) is 4.99 Å². The highest BCUT2D eigenvalue weighted by Crippen LogP contribution is 2.45. The number of rotatable bonds is 5. The molecule has 5 nitrogen and oxygen atoms in total. The zero-order chi connectivity index (χ0) is 24.5. The highest BCUT2D eigenvalue weighted by atomic mass is 35.5. The number of hydrogen-bond donors (Lipinski definition) is 2. The van der Waals surface area contributed by atoms with Gasteiger partial charge in [-0.2, -0.15) is 0 Å². The first kappa shape index (κ1) is 24.3. The number of nitrogens with zero attached hydrogens (tertiary/aromatic N) is 1. The summed E-state index contributed by atoms with van der Waals surface area (Å²) in [7, 11) is 1.51. The lowest BCUT2D eigenvalue weighted by Crippen LogP contribution is -2.27. The molecule has 1 atom stereocenters. The van der Waals surface area contributed by atoms with Gasteiger partial charge >= 0.3 is 0 Å². The van der Waals surface area contributed by atoms with Crippen molar-refractivity contribution >= 4 is 45.7 Å². The molecule has 2 aromatic carbocycles. The van der Waals surface area contributed by atoms with Gasteiger partial charge in [0.25, 0.3) is 5.91 Å². The lowest BCUT2D eigenvalue weighted by molar-refractivity contribution is 0.102. The molecule has 0 saturated heterocycles. The summed E-state index contributed by atoms with van der Waals surface area (Å²) in [6, 6.07) is 12.2. The molecule has 1 aromatic heterocycles. The van der Waals surface area contributed by atoms with Crippen LogP contribution in [0.4, 0.5) is 10.7 Å². The van der Waals surface area contributed by atoms with Crippen molar-refractivity contribution < 1.29 is 14.6 Å². The molecule has 1 aliphatic rings. The fourth-order valence-electron chi connectivity index (χ4n) is 4.28. The van der Waals surface area contributed by atoms with Gasteiger partial charge < -0.3 is 15.2 Å². The van der Waals surface area contributed by atoms with E-state index in [1.165, 1.54) is 12.0 Å². The second kappa shape index (κ2) is 9.80. The summed E-state index contributed by atoms with van der Waals surface area (Å²) in [5.74, 6) is 0.839. The predicted octanol–water partition coefficient (Wildman–Crippen LogP) is 7.27. The van der Waals surface area contributed by atoms with Crippen molar-refractivity contribution in [3.8, 4) is 11.5 Å². The molecule has 1 heterocycles. The first-order valence-electron chi connectivity index (χ1n) is 11.3. The molecule has 0 spiro atoms. The second-order valence-corrected chi connectivity index (χ2v) is 11.2. The van der Waals surface area contributed by atoms with Crippen LogP contribution in [0.2, 0.25) is 5.02 Å². The SMILES string of the molecule is COc1ccc(C=Nc2sc3c(c2C(=O)Nc2ccc(Cl)cc2)CC[C@@H](C(C)(C)C)C3)cc1O. The van der Waals surface area contributed by atoms with Crippen LogP contribution >= 0.6 is 22.9 Å². The number of fused-ring (bicyclic) bond motifs is 1. The van der Waals surface area contributed by atoms with Crippen molar-refractivity contribution in [3.05, 3.63) is 69.1 Å². The Morgan fingerprint density at radius 2 is 1.97 bits per heavy atom. The van der Waals surface area contributed by atoms with Gasteiger partial charge in [-0.3, -0.25) is 4.79 Å². The van der Waals surface area contributed by atoms with Crippen LogP contribution in [0, 0.1) is 11.3 Å². The van der Waals surface area contributed by atoms with E-state index < -0.39 is 0 Å². The average molecular weight is 497 g/mol. The topological polar surface area (TPSA) is 70.9 Å². The molecule has 2 N–H and O–H groups in total. The van der Waals surface area contributed by atoms with E-state index in [0.717, 1.165) is 30.4 Å². The number of phenols is 1. The minimum Gasteiger partial charge on any atom is -0.504 e. The Labute approximate surface area is 209 Å². The van der Waals surface area contributed by atoms with Gasteiger partial charge in [0.1, 0.15) is 5.00 Å². The Morgan fingerprint density at radius 1 is 1.24 bits per heavy atom. The monoisotopic (exact) mass is 496 g/mol. The van der Waals surface area contributed by atoms with Crippen molar-refractivity contribution in [1.29, 1.82) is 0 Å². The highest BCUT2D eigenvalue weighted by molar-refractivity contribution is 7.16. The molecule has 0 aliphatic heterocycles. The third kappa shape index (κ3) is 5.29. The molecule has 0 saturated carbocycles. The normalized spacial score (nSPS) is 15.9. The van der Waals surface area contributed by atoms with Crippen LogP contribution in [-0.4, -0.2) is 24.3 Å². The highest BCUT2D eigenvalue weighted by Gasteiger charge is 2.33. The molecule has 0 bridgehead atoms. The van der Waals surface area contributed by atoms with E-state index in [-0.39, 0.29) is 17.1 Å². The van der Waals surface area contributed by atoms with Gasteiger partial charge in [0.05, 0.1) is 12.7 Å². The molecule has 1 aliphatic carbocycles. The number of nitrogens with one attached hydrogen (secondary N) is 1. The maximum Gasteiger partial charge on any atom is 0.259 e.